The van der Waals surface area contributed by atoms with E-state index in [1.165, 1.54) is 24.8 Å². The number of allylic oxidation sites excluding steroid dienone is 3. The maximum atomic E-state index is 4.11. The predicted octanol–water partition coefficient (Wildman–Crippen LogP) is 3.31. The van der Waals surface area contributed by atoms with Gasteiger partial charge in [-0.25, -0.2) is 0 Å². The number of hydrogen-bond donors (Lipinski definition) is 0. The van der Waals surface area contributed by atoms with Gasteiger partial charge in [-0.1, -0.05) is 25.2 Å². The van der Waals surface area contributed by atoms with Crippen LogP contribution in [0.4, 0.5) is 0 Å². The zero-order valence-corrected chi connectivity index (χ0v) is 7.27. The molecular weight excluding hydrogens is 132 g/mol. The molecule has 0 amide bonds. The lowest BCUT2D eigenvalue weighted by Crippen LogP contribution is -1.98. The Labute approximate surface area is 69.0 Å². The van der Waals surface area contributed by atoms with Crippen molar-refractivity contribution >= 4 is 0 Å². The highest BCUT2D eigenvalue weighted by Crippen LogP contribution is 2.46. The maximum absolute atomic E-state index is 4.11. The number of hydrogen-bond acceptors (Lipinski definition) is 0. The van der Waals surface area contributed by atoms with Crippen LogP contribution in [0.1, 0.15) is 32.6 Å². The topological polar surface area (TPSA) is 0 Å². The van der Waals surface area contributed by atoms with Crippen LogP contribution in [0.3, 0.4) is 0 Å². The van der Waals surface area contributed by atoms with Crippen molar-refractivity contribution in [3.8, 4) is 0 Å². The van der Waals surface area contributed by atoms with Gasteiger partial charge in [-0.2, -0.15) is 0 Å². The third kappa shape index (κ3) is 1.05. The summed E-state index contributed by atoms with van der Waals surface area (Å²) in [5, 5.41) is 0. The quantitative estimate of drug-likeness (QED) is 0.563. The summed E-state index contributed by atoms with van der Waals surface area (Å²) in [6, 6.07) is 0. The molecule has 60 valence electrons. The molecular formula is C11H16. The van der Waals surface area contributed by atoms with Gasteiger partial charge in [0.1, 0.15) is 0 Å². The third-order valence-corrected chi connectivity index (χ3v) is 3.16. The zero-order valence-electron chi connectivity index (χ0n) is 7.27. The molecule has 0 heteroatoms. The van der Waals surface area contributed by atoms with Gasteiger partial charge < -0.3 is 0 Å². The van der Waals surface area contributed by atoms with Crippen molar-refractivity contribution < 1.29 is 0 Å². The average Bonchev–Trinajstić information content (AvgIpc) is 2.62. The lowest BCUT2D eigenvalue weighted by atomic mass is 9.92. The van der Waals surface area contributed by atoms with Crippen LogP contribution in [-0.4, -0.2) is 0 Å². The molecule has 2 atom stereocenters. The van der Waals surface area contributed by atoms with Crippen LogP contribution >= 0.6 is 0 Å². The van der Waals surface area contributed by atoms with Crippen LogP contribution in [0.25, 0.3) is 0 Å². The van der Waals surface area contributed by atoms with Crippen molar-refractivity contribution in [2.24, 2.45) is 11.8 Å². The highest BCUT2D eigenvalue weighted by molar-refractivity contribution is 5.36. The largest absolute Gasteiger partial charge is 0.0956 e. The van der Waals surface area contributed by atoms with Crippen molar-refractivity contribution in [1.29, 1.82) is 0 Å². The summed E-state index contributed by atoms with van der Waals surface area (Å²) in [6.07, 6.45) is 7.89. The van der Waals surface area contributed by atoms with Gasteiger partial charge in [0, 0.05) is 0 Å². The minimum Gasteiger partial charge on any atom is -0.0956 e. The standard InChI is InChI=1S/C11H16/c1-3-8(2)11-7-9-4-5-10(11)6-9/h7,9-10H,2-6H2,1H3. The molecule has 2 aliphatic carbocycles. The lowest BCUT2D eigenvalue weighted by Gasteiger charge is -2.14. The molecule has 11 heavy (non-hydrogen) atoms. The minimum absolute atomic E-state index is 0.896. The normalized spacial score (nSPS) is 34.1. The molecule has 0 spiro atoms. The highest BCUT2D eigenvalue weighted by atomic mass is 14.4. The van der Waals surface area contributed by atoms with E-state index in [-0.39, 0.29) is 0 Å². The summed E-state index contributed by atoms with van der Waals surface area (Å²) in [5.74, 6) is 1.81. The van der Waals surface area contributed by atoms with Gasteiger partial charge in [0.15, 0.2) is 0 Å². The molecule has 0 saturated heterocycles. The smallest absolute Gasteiger partial charge is 0.0157 e. The molecule has 0 nitrogen and oxygen atoms in total. The molecule has 1 saturated carbocycles. The molecule has 2 aliphatic rings. The Morgan fingerprint density at radius 1 is 1.64 bits per heavy atom. The van der Waals surface area contributed by atoms with Crippen LogP contribution < -0.4 is 0 Å². The van der Waals surface area contributed by atoms with E-state index in [2.05, 4.69) is 19.6 Å². The zero-order chi connectivity index (χ0) is 7.84. The van der Waals surface area contributed by atoms with E-state index in [1.807, 2.05) is 0 Å². The monoisotopic (exact) mass is 148 g/mol. The molecule has 1 fully saturated rings. The summed E-state index contributed by atoms with van der Waals surface area (Å²) in [4.78, 5) is 0. The fraction of sp³-hybridized carbons (Fsp3) is 0.636. The number of fused-ring (bicyclic) bond motifs is 2. The maximum Gasteiger partial charge on any atom is -0.0157 e. The Bertz CT molecular complexity index is 210. The molecule has 0 heterocycles. The molecule has 0 aromatic heterocycles. The lowest BCUT2D eigenvalue weighted by molar-refractivity contribution is 0.659. The summed E-state index contributed by atoms with van der Waals surface area (Å²) in [5.41, 5.74) is 2.99. The molecule has 0 aromatic rings. The van der Waals surface area contributed by atoms with Crippen LogP contribution in [0.15, 0.2) is 23.8 Å². The molecule has 0 aromatic carbocycles. The highest BCUT2D eigenvalue weighted by Gasteiger charge is 2.32. The summed E-state index contributed by atoms with van der Waals surface area (Å²) >= 11 is 0. The summed E-state index contributed by atoms with van der Waals surface area (Å²) < 4.78 is 0. The second-order valence-corrected chi connectivity index (χ2v) is 3.85. The fourth-order valence-corrected chi connectivity index (χ4v) is 2.45. The average molecular weight is 148 g/mol. The minimum atomic E-state index is 0.896. The van der Waals surface area contributed by atoms with Crippen molar-refractivity contribution in [1.82, 2.24) is 0 Å². The molecule has 0 N–H and O–H groups in total. The second-order valence-electron chi connectivity index (χ2n) is 3.85. The molecule has 0 radical (unpaired) electrons. The first-order valence-electron chi connectivity index (χ1n) is 4.71. The first-order chi connectivity index (χ1) is 5.31. The summed E-state index contributed by atoms with van der Waals surface area (Å²) in [7, 11) is 0. The van der Waals surface area contributed by atoms with Crippen molar-refractivity contribution in [2.45, 2.75) is 32.6 Å². The van der Waals surface area contributed by atoms with Crippen LogP contribution in [0.5, 0.6) is 0 Å². The van der Waals surface area contributed by atoms with E-state index >= 15 is 0 Å². The molecule has 2 rings (SSSR count). The molecule has 2 unspecified atom stereocenters. The van der Waals surface area contributed by atoms with Gasteiger partial charge >= 0.3 is 0 Å². The Kier molecular flexibility index (Phi) is 1.63. The van der Waals surface area contributed by atoms with Gasteiger partial charge in [-0.15, -0.1) is 0 Å². The van der Waals surface area contributed by atoms with E-state index in [4.69, 9.17) is 0 Å². The van der Waals surface area contributed by atoms with Crippen LogP contribution in [0.2, 0.25) is 0 Å². The second kappa shape index (κ2) is 2.51. The molecule has 2 bridgehead atoms. The van der Waals surface area contributed by atoms with Crippen molar-refractivity contribution in [3.05, 3.63) is 23.8 Å². The van der Waals surface area contributed by atoms with E-state index in [0.717, 1.165) is 18.3 Å². The number of rotatable bonds is 2. The Hall–Kier alpha value is -0.520. The van der Waals surface area contributed by atoms with E-state index < -0.39 is 0 Å². The van der Waals surface area contributed by atoms with E-state index in [1.54, 1.807) is 5.57 Å². The van der Waals surface area contributed by atoms with Crippen molar-refractivity contribution in [2.75, 3.05) is 0 Å². The first kappa shape index (κ1) is 7.15. The third-order valence-electron chi connectivity index (χ3n) is 3.16. The van der Waals surface area contributed by atoms with Gasteiger partial charge in [-0.05, 0) is 43.1 Å². The fourth-order valence-electron chi connectivity index (χ4n) is 2.45. The Morgan fingerprint density at radius 3 is 2.91 bits per heavy atom. The van der Waals surface area contributed by atoms with Crippen molar-refractivity contribution in [3.63, 3.8) is 0 Å². The first-order valence-corrected chi connectivity index (χ1v) is 4.71. The van der Waals surface area contributed by atoms with Crippen LogP contribution in [0, 0.1) is 11.8 Å². The van der Waals surface area contributed by atoms with Gasteiger partial charge in [0.2, 0.25) is 0 Å². The van der Waals surface area contributed by atoms with E-state index in [9.17, 15) is 0 Å². The van der Waals surface area contributed by atoms with Gasteiger partial charge in [-0.3, -0.25) is 0 Å². The SMILES string of the molecule is C=C(CC)C1=CC2CCC1C2. The van der Waals surface area contributed by atoms with Gasteiger partial charge in [0.25, 0.3) is 0 Å². The summed E-state index contributed by atoms with van der Waals surface area (Å²) in [6.45, 7) is 6.31. The van der Waals surface area contributed by atoms with Gasteiger partial charge in [0.05, 0.1) is 0 Å². The Balaban J connectivity index is 2.16. The van der Waals surface area contributed by atoms with E-state index in [0.29, 0.717) is 0 Å². The Morgan fingerprint density at radius 2 is 2.45 bits per heavy atom. The van der Waals surface area contributed by atoms with Crippen LogP contribution in [-0.2, 0) is 0 Å². The molecule has 0 aliphatic heterocycles. The predicted molar refractivity (Wildman–Crippen MR) is 48.3 cm³/mol.